The third-order valence-corrected chi connectivity index (χ3v) is 5.85. The number of hydrogen-bond acceptors (Lipinski definition) is 6. The molecule has 134 valence electrons. The number of aromatic nitrogens is 1. The molecule has 1 aromatic rings. The van der Waals surface area contributed by atoms with Gasteiger partial charge in [-0.15, -0.1) is 11.3 Å². The predicted molar refractivity (Wildman–Crippen MR) is 95.1 cm³/mol. The van der Waals surface area contributed by atoms with Crippen molar-refractivity contribution in [1.29, 1.82) is 0 Å². The molecule has 24 heavy (non-hydrogen) atoms. The van der Waals surface area contributed by atoms with Crippen LogP contribution >= 0.6 is 11.3 Å². The lowest BCUT2D eigenvalue weighted by Crippen LogP contribution is -2.44. The lowest BCUT2D eigenvalue weighted by Gasteiger charge is -2.28. The molecule has 0 spiro atoms. The van der Waals surface area contributed by atoms with Gasteiger partial charge >= 0.3 is 0 Å². The summed E-state index contributed by atoms with van der Waals surface area (Å²) in [7, 11) is 2.16. The molecule has 1 amide bonds. The van der Waals surface area contributed by atoms with Crippen molar-refractivity contribution in [2.75, 3.05) is 59.5 Å². The number of morpholine rings is 1. The fraction of sp³-hybridized carbons (Fsp3) is 0.765. The average Bonchev–Trinajstić information content (AvgIpc) is 3.18. The van der Waals surface area contributed by atoms with Gasteiger partial charge in [0.1, 0.15) is 0 Å². The van der Waals surface area contributed by atoms with E-state index in [1.165, 1.54) is 4.88 Å². The summed E-state index contributed by atoms with van der Waals surface area (Å²) in [5.74, 6) is 0.859. The van der Waals surface area contributed by atoms with Crippen molar-refractivity contribution in [1.82, 2.24) is 19.7 Å². The van der Waals surface area contributed by atoms with Crippen LogP contribution < -0.4 is 0 Å². The Balaban J connectivity index is 1.41. The molecule has 2 saturated heterocycles. The van der Waals surface area contributed by atoms with E-state index in [0.717, 1.165) is 64.6 Å². The Bertz CT molecular complexity index is 544. The highest BCUT2D eigenvalue weighted by molar-refractivity contribution is 7.09. The molecule has 0 bridgehead atoms. The number of aryl methyl sites for hydroxylation is 1. The number of carbonyl (C=O) groups excluding carboxylic acids is 1. The predicted octanol–water partition coefficient (Wildman–Crippen LogP) is 1.06. The van der Waals surface area contributed by atoms with Crippen molar-refractivity contribution in [2.45, 2.75) is 19.9 Å². The topological polar surface area (TPSA) is 48.9 Å². The van der Waals surface area contributed by atoms with E-state index >= 15 is 0 Å². The van der Waals surface area contributed by atoms with Crippen LogP contribution in [0.3, 0.4) is 0 Å². The van der Waals surface area contributed by atoms with Crippen molar-refractivity contribution in [2.24, 2.45) is 5.92 Å². The van der Waals surface area contributed by atoms with Crippen molar-refractivity contribution < 1.29 is 9.53 Å². The van der Waals surface area contributed by atoms with Crippen molar-refractivity contribution >= 4 is 17.2 Å². The van der Waals surface area contributed by atoms with Gasteiger partial charge in [-0.05, 0) is 26.3 Å². The second kappa shape index (κ2) is 8.38. The van der Waals surface area contributed by atoms with E-state index in [2.05, 4.69) is 28.8 Å². The molecule has 0 radical (unpaired) electrons. The monoisotopic (exact) mass is 352 g/mol. The molecule has 2 aliphatic heterocycles. The van der Waals surface area contributed by atoms with Crippen LogP contribution in [0.25, 0.3) is 0 Å². The number of nitrogens with zero attached hydrogens (tertiary/aromatic N) is 4. The van der Waals surface area contributed by atoms with Gasteiger partial charge in [-0.3, -0.25) is 9.69 Å². The number of rotatable bonds is 6. The fourth-order valence-corrected chi connectivity index (χ4v) is 4.34. The van der Waals surface area contributed by atoms with Crippen LogP contribution in [0.1, 0.15) is 17.0 Å². The van der Waals surface area contributed by atoms with Crippen LogP contribution in [-0.4, -0.2) is 85.1 Å². The van der Waals surface area contributed by atoms with Gasteiger partial charge in [0.2, 0.25) is 5.91 Å². The molecular formula is C17H28N4O2S. The maximum Gasteiger partial charge on any atom is 0.236 e. The van der Waals surface area contributed by atoms with E-state index in [4.69, 9.17) is 4.74 Å². The smallest absolute Gasteiger partial charge is 0.236 e. The first-order chi connectivity index (χ1) is 11.6. The molecule has 3 heterocycles. The second-order valence-electron chi connectivity index (χ2n) is 6.94. The maximum atomic E-state index is 12.5. The molecule has 6 nitrogen and oxygen atoms in total. The van der Waals surface area contributed by atoms with Crippen LogP contribution in [0, 0.1) is 12.8 Å². The molecule has 0 saturated carbocycles. The van der Waals surface area contributed by atoms with Crippen molar-refractivity contribution in [3.8, 4) is 0 Å². The van der Waals surface area contributed by atoms with Crippen LogP contribution in [0.5, 0.6) is 0 Å². The first-order valence-electron chi connectivity index (χ1n) is 8.77. The normalized spacial score (nSPS) is 22.5. The number of ether oxygens (including phenoxy) is 1. The Morgan fingerprint density at radius 2 is 2.21 bits per heavy atom. The molecule has 0 aromatic carbocycles. The third kappa shape index (κ3) is 4.75. The van der Waals surface area contributed by atoms with E-state index < -0.39 is 0 Å². The Labute approximate surface area is 148 Å². The number of carbonyl (C=O) groups is 1. The molecule has 0 aliphatic carbocycles. The number of amides is 1. The molecule has 1 atom stereocenters. The standard InChI is InChI=1S/C17H28N4O2S/c1-14-16(24-13-18-14)11-19(2)9-15-3-4-21(10-15)17(22)12-20-5-7-23-8-6-20/h13,15H,3-12H2,1-2H3/t15-/m1/s1. The van der Waals surface area contributed by atoms with Gasteiger partial charge < -0.3 is 14.5 Å². The molecule has 7 heteroatoms. The summed E-state index contributed by atoms with van der Waals surface area (Å²) >= 11 is 1.73. The number of hydrogen-bond donors (Lipinski definition) is 0. The molecule has 0 N–H and O–H groups in total. The Kier molecular flexibility index (Phi) is 6.21. The Hall–Kier alpha value is -1.02. The van der Waals surface area contributed by atoms with E-state index in [-0.39, 0.29) is 5.91 Å². The van der Waals surface area contributed by atoms with Gasteiger partial charge in [0.05, 0.1) is 31.0 Å². The fourth-order valence-electron chi connectivity index (χ4n) is 3.49. The van der Waals surface area contributed by atoms with Crippen LogP contribution in [0.4, 0.5) is 0 Å². The van der Waals surface area contributed by atoms with Gasteiger partial charge in [-0.1, -0.05) is 0 Å². The molecule has 1 aromatic heterocycles. The summed E-state index contributed by atoms with van der Waals surface area (Å²) in [4.78, 5) is 24.7. The van der Waals surface area contributed by atoms with Gasteiger partial charge in [0, 0.05) is 44.1 Å². The summed E-state index contributed by atoms with van der Waals surface area (Å²) in [6.45, 7) is 9.66. The SMILES string of the molecule is Cc1ncsc1CN(C)C[C@H]1CCN(C(=O)CN2CCOCC2)C1. The zero-order valence-electron chi connectivity index (χ0n) is 14.7. The summed E-state index contributed by atoms with van der Waals surface area (Å²) in [5.41, 5.74) is 3.06. The highest BCUT2D eigenvalue weighted by Gasteiger charge is 2.28. The van der Waals surface area contributed by atoms with E-state index in [9.17, 15) is 4.79 Å². The molecule has 3 rings (SSSR count). The summed E-state index contributed by atoms with van der Waals surface area (Å²) < 4.78 is 5.34. The third-order valence-electron chi connectivity index (χ3n) is 4.93. The lowest BCUT2D eigenvalue weighted by molar-refractivity contribution is -0.132. The number of likely N-dealkylation sites (tertiary alicyclic amines) is 1. The first kappa shape index (κ1) is 17.8. The van der Waals surface area contributed by atoms with Crippen LogP contribution in [0.15, 0.2) is 5.51 Å². The summed E-state index contributed by atoms with van der Waals surface area (Å²) in [6, 6.07) is 0. The van der Waals surface area contributed by atoms with E-state index in [1.807, 2.05) is 10.4 Å². The zero-order valence-corrected chi connectivity index (χ0v) is 15.6. The first-order valence-corrected chi connectivity index (χ1v) is 9.65. The number of thiazole rings is 1. The Morgan fingerprint density at radius 3 is 2.92 bits per heavy atom. The van der Waals surface area contributed by atoms with E-state index in [0.29, 0.717) is 12.5 Å². The molecule has 2 aliphatic rings. The summed E-state index contributed by atoms with van der Waals surface area (Å²) in [5, 5.41) is 0. The highest BCUT2D eigenvalue weighted by atomic mass is 32.1. The van der Waals surface area contributed by atoms with Crippen molar-refractivity contribution in [3.63, 3.8) is 0 Å². The molecular weight excluding hydrogens is 324 g/mol. The van der Waals surface area contributed by atoms with Gasteiger partial charge in [-0.25, -0.2) is 4.98 Å². The second-order valence-corrected chi connectivity index (χ2v) is 7.88. The lowest BCUT2D eigenvalue weighted by atomic mass is 10.1. The van der Waals surface area contributed by atoms with Crippen LogP contribution in [0.2, 0.25) is 0 Å². The maximum absolute atomic E-state index is 12.5. The molecule has 2 fully saturated rings. The van der Waals surface area contributed by atoms with Gasteiger partial charge in [-0.2, -0.15) is 0 Å². The van der Waals surface area contributed by atoms with Crippen LogP contribution in [-0.2, 0) is 16.1 Å². The van der Waals surface area contributed by atoms with E-state index in [1.54, 1.807) is 11.3 Å². The summed E-state index contributed by atoms with van der Waals surface area (Å²) in [6.07, 6.45) is 1.11. The zero-order chi connectivity index (χ0) is 16.9. The largest absolute Gasteiger partial charge is 0.379 e. The Morgan fingerprint density at radius 1 is 1.42 bits per heavy atom. The quantitative estimate of drug-likeness (QED) is 0.766. The van der Waals surface area contributed by atoms with Crippen molar-refractivity contribution in [3.05, 3.63) is 16.1 Å². The van der Waals surface area contributed by atoms with Gasteiger partial charge in [0.25, 0.3) is 0 Å². The van der Waals surface area contributed by atoms with Gasteiger partial charge in [0.15, 0.2) is 0 Å². The minimum atomic E-state index is 0.278. The minimum absolute atomic E-state index is 0.278. The minimum Gasteiger partial charge on any atom is -0.379 e. The molecule has 0 unspecified atom stereocenters. The highest BCUT2D eigenvalue weighted by Crippen LogP contribution is 2.20. The average molecular weight is 353 g/mol.